The van der Waals surface area contributed by atoms with Gasteiger partial charge >= 0.3 is 0 Å². The molecule has 4 aromatic rings. The van der Waals surface area contributed by atoms with Crippen molar-refractivity contribution in [2.75, 3.05) is 0 Å². The summed E-state index contributed by atoms with van der Waals surface area (Å²) < 4.78 is 3.42. The third kappa shape index (κ3) is 4.19. The van der Waals surface area contributed by atoms with Crippen LogP contribution in [0.25, 0.3) is 28.7 Å². The summed E-state index contributed by atoms with van der Waals surface area (Å²) in [6.45, 7) is 0. The zero-order chi connectivity index (χ0) is 21.3. The lowest BCUT2D eigenvalue weighted by molar-refractivity contribution is -0.384. The SMILES string of the molecule is O=c1c2cc(I)ccc2nc(/C=C/c2ccc([N+](=O)[O-])cc2)n1-c1ccc(Br)cc1. The molecule has 0 spiro atoms. The van der Waals surface area contributed by atoms with E-state index < -0.39 is 4.92 Å². The zero-order valence-corrected chi connectivity index (χ0v) is 19.1. The van der Waals surface area contributed by atoms with Crippen molar-refractivity contribution in [1.29, 1.82) is 0 Å². The lowest BCUT2D eigenvalue weighted by Crippen LogP contribution is -2.22. The van der Waals surface area contributed by atoms with Crippen LogP contribution in [0.2, 0.25) is 0 Å². The van der Waals surface area contributed by atoms with Crippen molar-refractivity contribution in [1.82, 2.24) is 9.55 Å². The number of benzene rings is 3. The molecule has 0 aliphatic heterocycles. The van der Waals surface area contributed by atoms with Crippen molar-refractivity contribution in [2.45, 2.75) is 0 Å². The number of hydrogen-bond acceptors (Lipinski definition) is 4. The Kier molecular flexibility index (Phi) is 5.78. The first-order valence-corrected chi connectivity index (χ1v) is 10.7. The van der Waals surface area contributed by atoms with Crippen LogP contribution in [-0.2, 0) is 0 Å². The van der Waals surface area contributed by atoms with Crippen molar-refractivity contribution < 1.29 is 4.92 Å². The molecule has 0 N–H and O–H groups in total. The minimum Gasteiger partial charge on any atom is -0.268 e. The van der Waals surface area contributed by atoms with E-state index in [0.717, 1.165) is 13.6 Å². The number of halogens is 2. The summed E-state index contributed by atoms with van der Waals surface area (Å²) in [6.07, 6.45) is 3.52. The third-order valence-electron chi connectivity index (χ3n) is 4.47. The molecule has 0 atom stereocenters. The van der Waals surface area contributed by atoms with E-state index in [4.69, 9.17) is 0 Å². The minimum absolute atomic E-state index is 0.0253. The smallest absolute Gasteiger partial charge is 0.268 e. The van der Waals surface area contributed by atoms with Crippen LogP contribution in [0.3, 0.4) is 0 Å². The van der Waals surface area contributed by atoms with Crippen molar-refractivity contribution in [3.8, 4) is 5.69 Å². The molecule has 6 nitrogen and oxygen atoms in total. The summed E-state index contributed by atoms with van der Waals surface area (Å²) in [6, 6.07) is 19.2. The van der Waals surface area contributed by atoms with Gasteiger partial charge in [-0.2, -0.15) is 0 Å². The second-order valence-corrected chi connectivity index (χ2v) is 8.59. The second-order valence-electron chi connectivity index (χ2n) is 6.43. The topological polar surface area (TPSA) is 78.0 Å². The predicted molar refractivity (Wildman–Crippen MR) is 130 cm³/mol. The maximum absolute atomic E-state index is 13.3. The van der Waals surface area contributed by atoms with Crippen molar-refractivity contribution >= 4 is 67.3 Å². The number of rotatable bonds is 4. The molecular weight excluding hydrogens is 561 g/mol. The van der Waals surface area contributed by atoms with Crippen LogP contribution in [0.1, 0.15) is 11.4 Å². The molecule has 0 bridgehead atoms. The molecular formula is C22H13BrIN3O3. The van der Waals surface area contributed by atoms with Gasteiger partial charge in [-0.15, -0.1) is 0 Å². The largest absolute Gasteiger partial charge is 0.269 e. The molecule has 0 unspecified atom stereocenters. The molecule has 0 aliphatic carbocycles. The highest BCUT2D eigenvalue weighted by molar-refractivity contribution is 14.1. The van der Waals surface area contributed by atoms with Gasteiger partial charge in [0.2, 0.25) is 0 Å². The molecule has 30 heavy (non-hydrogen) atoms. The minimum atomic E-state index is -0.440. The maximum atomic E-state index is 13.3. The van der Waals surface area contributed by atoms with Gasteiger partial charge in [0.05, 0.1) is 21.5 Å². The summed E-state index contributed by atoms with van der Waals surface area (Å²) in [5, 5.41) is 11.4. The van der Waals surface area contributed by atoms with Gasteiger partial charge in [0.25, 0.3) is 11.2 Å². The van der Waals surface area contributed by atoms with Gasteiger partial charge in [-0.1, -0.05) is 22.0 Å². The Balaban J connectivity index is 1.88. The Morgan fingerprint density at radius 2 is 1.70 bits per heavy atom. The first-order chi connectivity index (χ1) is 14.4. The van der Waals surface area contributed by atoms with E-state index in [-0.39, 0.29) is 11.2 Å². The van der Waals surface area contributed by atoms with E-state index in [0.29, 0.717) is 22.4 Å². The average molecular weight is 574 g/mol. The molecule has 1 aromatic heterocycles. The molecule has 0 fully saturated rings. The number of nitro benzene ring substituents is 1. The van der Waals surface area contributed by atoms with Crippen molar-refractivity contribution in [3.63, 3.8) is 0 Å². The first-order valence-electron chi connectivity index (χ1n) is 8.83. The quantitative estimate of drug-likeness (QED) is 0.175. The molecule has 8 heteroatoms. The van der Waals surface area contributed by atoms with Gasteiger partial charge in [-0.05, 0) is 88.8 Å². The van der Waals surface area contributed by atoms with Crippen LogP contribution in [0.4, 0.5) is 5.69 Å². The summed E-state index contributed by atoms with van der Waals surface area (Å²) in [5.41, 5.74) is 1.93. The normalized spacial score (nSPS) is 11.3. The monoisotopic (exact) mass is 573 g/mol. The van der Waals surface area contributed by atoms with Gasteiger partial charge in [0.1, 0.15) is 5.82 Å². The number of nitrogens with zero attached hydrogens (tertiary/aromatic N) is 3. The summed E-state index contributed by atoms with van der Waals surface area (Å²) in [5.74, 6) is 0.467. The van der Waals surface area contributed by atoms with E-state index in [1.807, 2.05) is 42.5 Å². The van der Waals surface area contributed by atoms with Crippen LogP contribution in [-0.4, -0.2) is 14.5 Å². The molecule has 0 saturated carbocycles. The van der Waals surface area contributed by atoms with E-state index in [2.05, 4.69) is 43.5 Å². The molecule has 0 radical (unpaired) electrons. The summed E-state index contributed by atoms with van der Waals surface area (Å²) >= 11 is 5.59. The van der Waals surface area contributed by atoms with Gasteiger partial charge in [-0.3, -0.25) is 19.5 Å². The van der Waals surface area contributed by atoms with Crippen LogP contribution >= 0.6 is 38.5 Å². The highest BCUT2D eigenvalue weighted by atomic mass is 127. The fraction of sp³-hybridized carbons (Fsp3) is 0. The molecule has 148 valence electrons. The number of hydrogen-bond donors (Lipinski definition) is 0. The van der Waals surface area contributed by atoms with Gasteiger partial charge in [0, 0.05) is 20.2 Å². The Hall–Kier alpha value is -2.85. The van der Waals surface area contributed by atoms with Crippen LogP contribution in [0.5, 0.6) is 0 Å². The highest BCUT2D eigenvalue weighted by Crippen LogP contribution is 2.20. The zero-order valence-electron chi connectivity index (χ0n) is 15.3. The Bertz CT molecular complexity index is 1350. The van der Waals surface area contributed by atoms with E-state index in [9.17, 15) is 14.9 Å². The number of nitro groups is 1. The molecule has 4 rings (SSSR count). The Morgan fingerprint density at radius 3 is 2.37 bits per heavy atom. The fourth-order valence-electron chi connectivity index (χ4n) is 3.00. The van der Waals surface area contributed by atoms with Gasteiger partial charge in [-0.25, -0.2) is 4.98 Å². The van der Waals surface area contributed by atoms with Crippen LogP contribution in [0.15, 0.2) is 76.0 Å². The van der Waals surface area contributed by atoms with Gasteiger partial charge in [0.15, 0.2) is 0 Å². The number of aromatic nitrogens is 2. The van der Waals surface area contributed by atoms with E-state index >= 15 is 0 Å². The number of fused-ring (bicyclic) bond motifs is 1. The van der Waals surface area contributed by atoms with Crippen LogP contribution < -0.4 is 5.56 Å². The third-order valence-corrected chi connectivity index (χ3v) is 5.67. The highest BCUT2D eigenvalue weighted by Gasteiger charge is 2.12. The average Bonchev–Trinajstić information content (AvgIpc) is 2.74. The van der Waals surface area contributed by atoms with Crippen molar-refractivity contribution in [3.05, 3.63) is 107 Å². The van der Waals surface area contributed by atoms with Gasteiger partial charge < -0.3 is 0 Å². The Labute approximate surface area is 193 Å². The summed E-state index contributed by atoms with van der Waals surface area (Å²) in [7, 11) is 0. The van der Waals surface area contributed by atoms with Crippen LogP contribution in [0, 0.1) is 13.7 Å². The molecule has 0 amide bonds. The molecule has 1 heterocycles. The molecule has 3 aromatic carbocycles. The molecule has 0 saturated heterocycles. The first kappa shape index (κ1) is 20.4. The van der Waals surface area contributed by atoms with E-state index in [1.165, 1.54) is 12.1 Å². The van der Waals surface area contributed by atoms with E-state index in [1.54, 1.807) is 28.9 Å². The lowest BCUT2D eigenvalue weighted by Gasteiger charge is -2.12. The van der Waals surface area contributed by atoms with Crippen molar-refractivity contribution in [2.24, 2.45) is 0 Å². The standard InChI is InChI=1S/C22H13BrIN3O3/c23-15-4-9-17(10-5-15)26-21(12-3-14-1-7-18(8-2-14)27(29)30)25-20-11-6-16(24)13-19(20)22(26)28/h1-13H/b12-3+. The molecule has 0 aliphatic rings. The predicted octanol–water partition coefficient (Wildman–Crippen LogP) is 5.83. The summed E-state index contributed by atoms with van der Waals surface area (Å²) in [4.78, 5) is 28.4. The fourth-order valence-corrected chi connectivity index (χ4v) is 3.76. The Morgan fingerprint density at radius 1 is 1.00 bits per heavy atom. The number of non-ortho nitro benzene ring substituents is 1. The maximum Gasteiger partial charge on any atom is 0.269 e. The second kappa shape index (κ2) is 8.49. The lowest BCUT2D eigenvalue weighted by atomic mass is 10.2.